The number of carbonyl (C=O) groups is 1. The topological polar surface area (TPSA) is 194 Å². The maximum absolute atomic E-state index is 13.3. The summed E-state index contributed by atoms with van der Waals surface area (Å²) in [7, 11) is -6.36. The van der Waals surface area contributed by atoms with Crippen LogP contribution >= 0.6 is 0 Å². The van der Waals surface area contributed by atoms with Crippen LogP contribution in [-0.2, 0) is 29.5 Å². The third-order valence-corrected chi connectivity index (χ3v) is 11.0. The number of alkyl carbamates (subject to hydrolysis) is 1. The van der Waals surface area contributed by atoms with E-state index >= 15 is 0 Å². The first-order chi connectivity index (χ1) is 20.9. The molecular weight excluding hydrogens is 616 g/mol. The number of rotatable bonds is 10. The van der Waals surface area contributed by atoms with E-state index in [1.54, 1.807) is 24.3 Å². The molecule has 2 saturated heterocycles. The Morgan fingerprint density at radius 3 is 2.64 bits per heavy atom. The first-order valence-electron chi connectivity index (χ1n) is 13.9. The molecule has 0 aliphatic carbocycles. The number of nitrogens with zero attached hydrogens (tertiary/aromatic N) is 2. The molecule has 2 aromatic carbocycles. The monoisotopic (exact) mass is 650 g/mol. The van der Waals surface area contributed by atoms with E-state index in [0.29, 0.717) is 30.2 Å². The van der Waals surface area contributed by atoms with E-state index < -0.39 is 37.8 Å². The first-order valence-corrected chi connectivity index (χ1v) is 16.8. The highest BCUT2D eigenvalue weighted by molar-refractivity contribution is 7.89. The summed E-state index contributed by atoms with van der Waals surface area (Å²) in [5.41, 5.74) is -0.123. The molecule has 3 heterocycles. The van der Waals surface area contributed by atoms with Crippen molar-refractivity contribution < 1.29 is 46.1 Å². The van der Waals surface area contributed by atoms with Crippen LogP contribution < -0.4 is 14.8 Å². The van der Waals surface area contributed by atoms with E-state index in [-0.39, 0.29) is 60.2 Å². The second kappa shape index (κ2) is 12.8. The molecule has 14 nitrogen and oxygen atoms in total. The standard InChI is InChI=1S/C28H34N4O10S2/c1-29-43(36,37)22-6-4-5-21(13-22)40-17-20(33)18-41-27(35)31-19-14-28(42-16-19)9-11-32(12-10-28)44(38,39)25-15-30-24-8-3-2-7-23(24)26(25)34/h2-8,13,15,19-20,29,33H,9-12,14,16-18H2,1H3,(H,30,34)(H,31,35)/t19-,20?/m1/s1. The van der Waals surface area contributed by atoms with E-state index in [9.17, 15) is 31.8 Å². The summed E-state index contributed by atoms with van der Waals surface area (Å²) in [6.07, 6.45) is 0.502. The number of aromatic hydroxyl groups is 1. The Morgan fingerprint density at radius 1 is 1.14 bits per heavy atom. The second-order valence-corrected chi connectivity index (χ2v) is 14.5. The summed E-state index contributed by atoms with van der Waals surface area (Å²) in [5, 5.41) is 23.9. The number of aromatic nitrogens is 1. The molecule has 1 amide bonds. The summed E-state index contributed by atoms with van der Waals surface area (Å²) < 4.78 is 70.7. The van der Waals surface area contributed by atoms with Crippen LogP contribution in [-0.4, -0.2) is 100 Å². The normalized spacial score (nSPS) is 19.5. The quantitative estimate of drug-likeness (QED) is 0.247. The van der Waals surface area contributed by atoms with Crippen molar-refractivity contribution >= 4 is 37.0 Å². The number of aliphatic hydroxyl groups is 1. The molecule has 1 aromatic heterocycles. The third kappa shape index (κ3) is 6.90. The van der Waals surface area contributed by atoms with Crippen molar-refractivity contribution in [3.8, 4) is 11.5 Å². The van der Waals surface area contributed by atoms with Gasteiger partial charge in [0.25, 0.3) is 0 Å². The number of hydrogen-bond acceptors (Lipinski definition) is 11. The maximum Gasteiger partial charge on any atom is 0.407 e. The number of nitrogens with one attached hydrogen (secondary N) is 2. The van der Waals surface area contributed by atoms with Crippen LogP contribution in [0.4, 0.5) is 4.79 Å². The molecule has 2 aliphatic rings. The van der Waals surface area contributed by atoms with E-state index in [1.807, 2.05) is 0 Å². The smallest absolute Gasteiger partial charge is 0.407 e. The lowest BCUT2D eigenvalue weighted by Gasteiger charge is -2.38. The van der Waals surface area contributed by atoms with Gasteiger partial charge in [-0.05, 0) is 50.6 Å². The molecule has 238 valence electrons. The summed E-state index contributed by atoms with van der Waals surface area (Å²) in [6.45, 7) is -0.0426. The molecule has 1 unspecified atom stereocenters. The Hall–Kier alpha value is -3.54. The highest BCUT2D eigenvalue weighted by atomic mass is 32.2. The zero-order chi connectivity index (χ0) is 31.5. The van der Waals surface area contributed by atoms with Gasteiger partial charge in [-0.15, -0.1) is 0 Å². The molecule has 2 atom stereocenters. The molecule has 2 fully saturated rings. The van der Waals surface area contributed by atoms with Crippen molar-refractivity contribution in [3.63, 3.8) is 0 Å². The van der Waals surface area contributed by atoms with Crippen LogP contribution in [0.15, 0.2) is 64.5 Å². The fourth-order valence-corrected chi connectivity index (χ4v) is 7.57. The summed E-state index contributed by atoms with van der Waals surface area (Å²) in [4.78, 5) is 16.3. The number of carbonyl (C=O) groups excluding carboxylic acids is 1. The van der Waals surface area contributed by atoms with Crippen molar-refractivity contribution in [3.05, 3.63) is 54.7 Å². The first kappa shape index (κ1) is 31.9. The predicted molar refractivity (Wildman–Crippen MR) is 157 cm³/mol. The summed E-state index contributed by atoms with van der Waals surface area (Å²) in [6, 6.07) is 12.1. The van der Waals surface area contributed by atoms with Gasteiger partial charge >= 0.3 is 6.09 Å². The second-order valence-electron chi connectivity index (χ2n) is 10.7. The fraction of sp³-hybridized carbons (Fsp3) is 0.429. The molecule has 3 aromatic rings. The van der Waals surface area contributed by atoms with Gasteiger partial charge in [0.1, 0.15) is 35.7 Å². The average molecular weight is 651 g/mol. The SMILES string of the molecule is CNS(=O)(=O)c1cccc(OCC(O)COC(=O)N[C@H]2COC3(CCN(S(=O)(=O)c4cnc5ccccc5c4O)CC3)C2)c1. The van der Waals surface area contributed by atoms with Gasteiger partial charge in [0.15, 0.2) is 0 Å². The lowest BCUT2D eigenvalue weighted by atomic mass is 9.88. The van der Waals surface area contributed by atoms with E-state index in [4.69, 9.17) is 14.2 Å². The molecule has 1 spiro atoms. The van der Waals surface area contributed by atoms with Crippen molar-refractivity contribution in [2.75, 3.05) is 40.0 Å². The number of para-hydroxylation sites is 1. The summed E-state index contributed by atoms with van der Waals surface area (Å²) >= 11 is 0. The Morgan fingerprint density at radius 2 is 1.89 bits per heavy atom. The van der Waals surface area contributed by atoms with E-state index in [1.165, 1.54) is 41.8 Å². The number of amides is 1. The van der Waals surface area contributed by atoms with E-state index in [0.717, 1.165) is 0 Å². The van der Waals surface area contributed by atoms with Crippen LogP contribution in [0.2, 0.25) is 0 Å². The van der Waals surface area contributed by atoms with Crippen molar-refractivity contribution in [2.45, 2.75) is 46.8 Å². The van der Waals surface area contributed by atoms with Gasteiger partial charge in [-0.2, -0.15) is 4.31 Å². The Kier molecular flexibility index (Phi) is 9.29. The number of fused-ring (bicyclic) bond motifs is 1. The molecular formula is C28H34N4O10S2. The number of aliphatic hydroxyl groups excluding tert-OH is 1. The molecule has 44 heavy (non-hydrogen) atoms. The van der Waals surface area contributed by atoms with Crippen LogP contribution in [0.5, 0.6) is 11.5 Å². The Balaban J connectivity index is 1.07. The average Bonchev–Trinajstić information content (AvgIpc) is 3.40. The molecule has 4 N–H and O–H groups in total. The lowest BCUT2D eigenvalue weighted by Crippen LogP contribution is -2.47. The molecule has 0 radical (unpaired) electrons. The third-order valence-electron chi connectivity index (χ3n) is 7.73. The van der Waals surface area contributed by atoms with Gasteiger partial charge in [0.05, 0.1) is 34.9 Å². The molecule has 2 aliphatic heterocycles. The van der Waals surface area contributed by atoms with Gasteiger partial charge in [0, 0.05) is 24.5 Å². The zero-order valence-electron chi connectivity index (χ0n) is 23.9. The van der Waals surface area contributed by atoms with Crippen LogP contribution in [0.25, 0.3) is 10.9 Å². The minimum atomic E-state index is -4.00. The van der Waals surface area contributed by atoms with Crippen molar-refractivity contribution in [1.82, 2.24) is 19.3 Å². The van der Waals surface area contributed by atoms with Crippen molar-refractivity contribution in [2.24, 2.45) is 0 Å². The Bertz CT molecular complexity index is 1730. The maximum atomic E-state index is 13.3. The van der Waals surface area contributed by atoms with Gasteiger partial charge in [0.2, 0.25) is 20.0 Å². The Labute approximate surface area is 255 Å². The fourth-order valence-electron chi connectivity index (χ4n) is 5.33. The lowest BCUT2D eigenvalue weighted by molar-refractivity contribution is -0.0312. The van der Waals surface area contributed by atoms with Crippen LogP contribution in [0.3, 0.4) is 0 Å². The van der Waals surface area contributed by atoms with Crippen molar-refractivity contribution in [1.29, 1.82) is 0 Å². The largest absolute Gasteiger partial charge is 0.506 e. The van der Waals surface area contributed by atoms with Gasteiger partial charge in [-0.1, -0.05) is 18.2 Å². The summed E-state index contributed by atoms with van der Waals surface area (Å²) in [5.74, 6) is -0.107. The van der Waals surface area contributed by atoms with Gasteiger partial charge < -0.3 is 29.7 Å². The number of pyridine rings is 1. The molecule has 0 saturated carbocycles. The van der Waals surface area contributed by atoms with Crippen LogP contribution in [0.1, 0.15) is 19.3 Å². The molecule has 16 heteroatoms. The number of sulfonamides is 2. The predicted octanol–water partition coefficient (Wildman–Crippen LogP) is 1.33. The highest BCUT2D eigenvalue weighted by Gasteiger charge is 2.45. The zero-order valence-corrected chi connectivity index (χ0v) is 25.5. The van der Waals surface area contributed by atoms with E-state index in [2.05, 4.69) is 15.0 Å². The number of hydrogen-bond donors (Lipinski definition) is 4. The van der Waals surface area contributed by atoms with Crippen LogP contribution in [0, 0.1) is 0 Å². The number of benzene rings is 2. The minimum Gasteiger partial charge on any atom is -0.506 e. The molecule has 0 bridgehead atoms. The number of piperidine rings is 1. The number of ether oxygens (including phenoxy) is 3. The van der Waals surface area contributed by atoms with Gasteiger partial charge in [-0.3, -0.25) is 4.98 Å². The highest BCUT2D eigenvalue weighted by Crippen LogP contribution is 2.39. The minimum absolute atomic E-state index is 0.00740. The van der Waals surface area contributed by atoms with Gasteiger partial charge in [-0.25, -0.2) is 26.4 Å². The molecule has 5 rings (SSSR count).